The zero-order valence-corrected chi connectivity index (χ0v) is 17.7. The fourth-order valence-corrected chi connectivity index (χ4v) is 4.35. The molecule has 8 heteroatoms. The predicted molar refractivity (Wildman–Crippen MR) is 83.4 cm³/mol. The molecule has 0 aromatic rings. The Bertz CT molecular complexity index is 131. The Hall–Kier alpha value is 3.84. The van der Waals surface area contributed by atoms with Gasteiger partial charge in [-0.25, -0.2) is 0 Å². The second kappa shape index (κ2) is 5.96. The zero-order valence-electron chi connectivity index (χ0n) is 5.02. The van der Waals surface area contributed by atoms with E-state index in [1.54, 1.807) is 0 Å². The largest absolute Gasteiger partial charge is 0.135 e. The second-order valence-electron chi connectivity index (χ2n) is 1.67. The molecule has 0 amide bonds. The molecule has 0 nitrogen and oxygen atoms in total. The van der Waals surface area contributed by atoms with Crippen molar-refractivity contribution in [3.8, 4) is 0 Å². The van der Waals surface area contributed by atoms with Crippen LogP contribution < -0.4 is 0 Å². The smallest absolute Gasteiger partial charge is 0.0675 e. The first-order chi connectivity index (χ1) is 5.14. The minimum Gasteiger partial charge on any atom is -0.0675 e. The molecule has 0 N–H and O–H groups in total. The Kier molecular flexibility index (Phi) is 7.87. The fraction of sp³-hybridized carbons (Fsp3) is 0.500. The van der Waals surface area contributed by atoms with Gasteiger partial charge in [-0.3, -0.25) is 0 Å². The van der Waals surface area contributed by atoms with Crippen LogP contribution in [0.15, 0.2) is 0 Å². The molecule has 0 unspecified atom stereocenters. The Morgan fingerprint density at radius 3 is 0.833 bits per heavy atom. The van der Waals surface area contributed by atoms with Crippen molar-refractivity contribution in [3.63, 3.8) is 0 Å². The number of halogens is 8. The molecule has 0 spiro atoms. The molecular formula is C4Br8. The van der Waals surface area contributed by atoms with Crippen LogP contribution >= 0.6 is 127 Å². The SMILES string of the molecule is Br[C](Br)C(Br)(Br)C(Br)(Br)[C](Br)Br. The van der Waals surface area contributed by atoms with E-state index in [0.717, 1.165) is 7.47 Å². The van der Waals surface area contributed by atoms with Crippen molar-refractivity contribution in [1.29, 1.82) is 0 Å². The molecule has 0 aromatic heterocycles. The first-order valence-corrected chi connectivity index (χ1v) is 8.61. The van der Waals surface area contributed by atoms with Gasteiger partial charge in [-0.1, -0.05) is 127 Å². The summed E-state index contributed by atoms with van der Waals surface area (Å²) < 4.78 is 0.616. The Labute approximate surface area is 139 Å². The summed E-state index contributed by atoms with van der Waals surface area (Å²) in [6.45, 7) is 0. The summed E-state index contributed by atoms with van der Waals surface area (Å²) in [5.74, 6) is 0. The van der Waals surface area contributed by atoms with Crippen molar-refractivity contribution in [3.05, 3.63) is 7.47 Å². The lowest BCUT2D eigenvalue weighted by Crippen LogP contribution is -2.37. The van der Waals surface area contributed by atoms with Gasteiger partial charge in [0.25, 0.3) is 0 Å². The molecule has 0 saturated carbocycles. The molecule has 0 atom stereocenters. The maximum atomic E-state index is 3.48. The lowest BCUT2D eigenvalue weighted by atomic mass is 10.4. The summed E-state index contributed by atoms with van der Waals surface area (Å²) in [6, 6.07) is 0. The van der Waals surface area contributed by atoms with E-state index in [1.165, 1.54) is 0 Å². The molecule has 0 aromatic carbocycles. The summed E-state index contributed by atoms with van der Waals surface area (Å²) in [6.07, 6.45) is 0. The van der Waals surface area contributed by atoms with E-state index in [2.05, 4.69) is 127 Å². The van der Waals surface area contributed by atoms with E-state index >= 15 is 0 Å². The van der Waals surface area contributed by atoms with Crippen molar-refractivity contribution in [2.45, 2.75) is 6.47 Å². The average Bonchev–Trinajstić information content (AvgIpc) is 1.86. The summed E-state index contributed by atoms with van der Waals surface area (Å²) in [5.41, 5.74) is 0. The Morgan fingerprint density at radius 1 is 0.583 bits per heavy atom. The molecule has 0 aliphatic rings. The van der Waals surface area contributed by atoms with E-state index in [4.69, 9.17) is 0 Å². The van der Waals surface area contributed by atoms with E-state index in [0.29, 0.717) is 0 Å². The number of hydrogen-bond acceptors (Lipinski definition) is 0. The second-order valence-corrected chi connectivity index (χ2v) is 13.9. The summed E-state index contributed by atoms with van der Waals surface area (Å²) in [4.78, 5) is 0. The van der Waals surface area contributed by atoms with Gasteiger partial charge in [0.1, 0.15) is 13.9 Å². The van der Waals surface area contributed by atoms with Gasteiger partial charge < -0.3 is 0 Å². The predicted octanol–water partition coefficient (Wildman–Crippen LogP) is 6.52. The van der Waals surface area contributed by atoms with Crippen molar-refractivity contribution >= 4 is 127 Å². The third-order valence-electron chi connectivity index (χ3n) is 0.869. The minimum atomic E-state index is -0.505. The lowest BCUT2D eigenvalue weighted by Gasteiger charge is -2.36. The molecule has 0 aliphatic carbocycles. The zero-order chi connectivity index (χ0) is 10.2. The van der Waals surface area contributed by atoms with Gasteiger partial charge in [-0.2, -0.15) is 0 Å². The van der Waals surface area contributed by atoms with Gasteiger partial charge in [0.05, 0.1) is 0 Å². The van der Waals surface area contributed by atoms with Crippen LogP contribution in [0.4, 0.5) is 0 Å². The van der Waals surface area contributed by atoms with Gasteiger partial charge in [0.2, 0.25) is 0 Å². The van der Waals surface area contributed by atoms with E-state index in [-0.39, 0.29) is 0 Å². The van der Waals surface area contributed by atoms with Crippen LogP contribution in [-0.2, 0) is 0 Å². The highest BCUT2D eigenvalue weighted by molar-refractivity contribution is 9.35. The van der Waals surface area contributed by atoms with Gasteiger partial charge in [-0.05, 0) is 0 Å². The highest BCUT2D eigenvalue weighted by atomic mass is 79.9. The van der Waals surface area contributed by atoms with Crippen LogP contribution in [0.25, 0.3) is 0 Å². The molecule has 0 aliphatic heterocycles. The minimum absolute atomic E-state index is 0.505. The standard InChI is InChI=1S/C4Br8/c5-1(6)3(9,10)4(11,12)2(7)8. The highest BCUT2D eigenvalue weighted by Crippen LogP contribution is 2.63. The van der Waals surface area contributed by atoms with Gasteiger partial charge >= 0.3 is 0 Å². The van der Waals surface area contributed by atoms with Crippen LogP contribution in [0.5, 0.6) is 0 Å². The van der Waals surface area contributed by atoms with Crippen LogP contribution in [-0.4, -0.2) is 6.47 Å². The molecule has 12 heavy (non-hydrogen) atoms. The number of hydrogen-bond donors (Lipinski definition) is 0. The third kappa shape index (κ3) is 3.70. The molecule has 0 fully saturated rings. The lowest BCUT2D eigenvalue weighted by molar-refractivity contribution is 0.983. The molecular weight excluding hydrogens is 687 g/mol. The molecule has 0 saturated heterocycles. The van der Waals surface area contributed by atoms with Crippen molar-refractivity contribution < 1.29 is 0 Å². The van der Waals surface area contributed by atoms with Crippen LogP contribution in [0, 0.1) is 7.47 Å². The molecule has 0 rings (SSSR count). The summed E-state index contributed by atoms with van der Waals surface area (Å²) >= 11 is 27.2. The summed E-state index contributed by atoms with van der Waals surface area (Å²) in [5, 5.41) is 0. The number of alkyl halides is 4. The normalized spacial score (nSPS) is 14.5. The molecule has 0 heterocycles. The molecule has 0 bridgehead atoms. The topological polar surface area (TPSA) is 0 Å². The first kappa shape index (κ1) is 15.8. The fourth-order valence-electron chi connectivity index (χ4n) is 0.237. The molecule has 72 valence electrons. The maximum absolute atomic E-state index is 3.48. The number of rotatable bonds is 3. The van der Waals surface area contributed by atoms with E-state index in [9.17, 15) is 0 Å². The third-order valence-corrected chi connectivity index (χ3v) is 13.6. The van der Waals surface area contributed by atoms with E-state index < -0.39 is 6.47 Å². The average molecular weight is 687 g/mol. The van der Waals surface area contributed by atoms with Crippen molar-refractivity contribution in [1.82, 2.24) is 0 Å². The Balaban J connectivity index is 4.75. The van der Waals surface area contributed by atoms with Gasteiger partial charge in [-0.15, -0.1) is 0 Å². The highest BCUT2D eigenvalue weighted by Gasteiger charge is 2.53. The maximum Gasteiger partial charge on any atom is 0.135 e. The molecule has 2 radical (unpaired) electrons. The Morgan fingerprint density at radius 2 is 0.750 bits per heavy atom. The van der Waals surface area contributed by atoms with E-state index in [1.807, 2.05) is 0 Å². The van der Waals surface area contributed by atoms with Gasteiger partial charge in [0, 0.05) is 0 Å². The quantitative estimate of drug-likeness (QED) is 0.297. The van der Waals surface area contributed by atoms with Crippen LogP contribution in [0.1, 0.15) is 0 Å². The first-order valence-electron chi connectivity index (χ1n) is 2.26. The monoisotopic (exact) mass is 679 g/mol. The van der Waals surface area contributed by atoms with Crippen molar-refractivity contribution in [2.75, 3.05) is 0 Å². The van der Waals surface area contributed by atoms with Crippen LogP contribution in [0.2, 0.25) is 0 Å². The van der Waals surface area contributed by atoms with Gasteiger partial charge in [0.15, 0.2) is 0 Å². The summed E-state index contributed by atoms with van der Waals surface area (Å²) in [7, 11) is 0. The van der Waals surface area contributed by atoms with Crippen molar-refractivity contribution in [2.24, 2.45) is 0 Å². The van der Waals surface area contributed by atoms with Crippen LogP contribution in [0.3, 0.4) is 0 Å².